The molecule has 0 aliphatic heterocycles. The van der Waals surface area contributed by atoms with Crippen molar-refractivity contribution in [1.82, 2.24) is 5.32 Å². The van der Waals surface area contributed by atoms with Gasteiger partial charge in [0.25, 0.3) is 0 Å². The summed E-state index contributed by atoms with van der Waals surface area (Å²) in [6, 6.07) is 0. The molecule has 0 aromatic heterocycles. The third-order valence-electron chi connectivity index (χ3n) is 4.32. The van der Waals surface area contributed by atoms with Gasteiger partial charge in [-0.05, 0) is 13.3 Å². The summed E-state index contributed by atoms with van der Waals surface area (Å²) in [5.74, 6) is 0. The minimum absolute atomic E-state index is 0.168. The van der Waals surface area contributed by atoms with Crippen molar-refractivity contribution in [2.75, 3.05) is 26.8 Å². The minimum Gasteiger partial charge on any atom is -0.632 e. The van der Waals surface area contributed by atoms with Crippen LogP contribution in [0.15, 0.2) is 0 Å². The van der Waals surface area contributed by atoms with E-state index in [2.05, 4.69) is 12.2 Å². The van der Waals surface area contributed by atoms with Crippen LogP contribution in [0.2, 0.25) is 0 Å². The number of unbranched alkanes of at least 4 members (excludes halogenated alkanes) is 11. The zero-order chi connectivity index (χ0) is 15.8. The van der Waals surface area contributed by atoms with Crippen LogP contribution >= 0.6 is 0 Å². The number of nitrogens with one attached hydrogen (secondary N) is 1. The number of nitrogens with zero attached hydrogens (tertiary/aromatic N) is 1. The maximum atomic E-state index is 11.7. The molecular weight excluding hydrogens is 260 g/mol. The predicted octanol–water partition coefficient (Wildman–Crippen LogP) is 5.20. The van der Waals surface area contributed by atoms with Crippen molar-refractivity contribution >= 4 is 0 Å². The van der Waals surface area contributed by atoms with E-state index in [-0.39, 0.29) is 4.65 Å². The highest BCUT2D eigenvalue weighted by Gasteiger charge is 2.04. The molecule has 21 heavy (non-hydrogen) atoms. The summed E-state index contributed by atoms with van der Waals surface area (Å²) in [6.45, 7) is 6.41. The van der Waals surface area contributed by atoms with Crippen LogP contribution in [0.25, 0.3) is 0 Å². The molecule has 0 fully saturated rings. The fraction of sp³-hybridized carbons (Fsp3) is 1.00. The van der Waals surface area contributed by atoms with Gasteiger partial charge in [0.05, 0.1) is 13.6 Å². The lowest BCUT2D eigenvalue weighted by molar-refractivity contribution is -0.861. The lowest BCUT2D eigenvalue weighted by Gasteiger charge is -2.37. The quantitative estimate of drug-likeness (QED) is 0.184. The fourth-order valence-corrected chi connectivity index (χ4v) is 2.52. The van der Waals surface area contributed by atoms with Crippen molar-refractivity contribution in [1.29, 1.82) is 0 Å². The summed E-state index contributed by atoms with van der Waals surface area (Å²) in [7, 11) is 1.73. The maximum Gasteiger partial charge on any atom is 0.132 e. The molecule has 0 bridgehead atoms. The number of hydrogen-bond acceptors (Lipinski definition) is 2. The Balaban J connectivity index is 3.06. The van der Waals surface area contributed by atoms with Gasteiger partial charge in [-0.25, -0.2) is 0 Å². The normalized spacial score (nSPS) is 14.3. The molecule has 3 heteroatoms. The Morgan fingerprint density at radius 2 is 1.14 bits per heavy atom. The Morgan fingerprint density at radius 3 is 1.57 bits per heavy atom. The van der Waals surface area contributed by atoms with Crippen molar-refractivity contribution in [3.05, 3.63) is 5.21 Å². The molecular formula is C18H40N2O. The molecule has 0 aromatic rings. The van der Waals surface area contributed by atoms with Crippen molar-refractivity contribution in [3.63, 3.8) is 0 Å². The summed E-state index contributed by atoms with van der Waals surface area (Å²) in [6.07, 6.45) is 16.6. The van der Waals surface area contributed by atoms with E-state index in [4.69, 9.17) is 0 Å². The summed E-state index contributed by atoms with van der Waals surface area (Å²) in [4.78, 5) is 0. The van der Waals surface area contributed by atoms with Crippen LogP contribution in [-0.4, -0.2) is 31.5 Å². The second-order valence-electron chi connectivity index (χ2n) is 6.66. The van der Waals surface area contributed by atoms with Crippen LogP contribution in [0, 0.1) is 5.21 Å². The van der Waals surface area contributed by atoms with E-state index in [1.165, 1.54) is 77.0 Å². The highest BCUT2D eigenvalue weighted by molar-refractivity contribution is 4.50. The first-order valence-electron chi connectivity index (χ1n) is 9.38. The molecule has 1 atom stereocenters. The molecule has 0 saturated carbocycles. The van der Waals surface area contributed by atoms with Gasteiger partial charge >= 0.3 is 0 Å². The van der Waals surface area contributed by atoms with Crippen LogP contribution in [-0.2, 0) is 0 Å². The molecule has 3 nitrogen and oxygen atoms in total. The number of rotatable bonds is 16. The molecule has 0 amide bonds. The van der Waals surface area contributed by atoms with Gasteiger partial charge in [0.2, 0.25) is 0 Å². The standard InChI is InChI=1S/C18H40N2O/c1-4-6-7-8-9-10-11-12-13-14-15-16-17-19-18-20(3,21)5-2/h19H,4-18H2,1-3H3. The van der Waals surface area contributed by atoms with E-state index in [1.807, 2.05) is 6.92 Å². The van der Waals surface area contributed by atoms with E-state index in [1.54, 1.807) is 7.05 Å². The van der Waals surface area contributed by atoms with E-state index in [9.17, 15) is 5.21 Å². The molecule has 128 valence electrons. The molecule has 0 aromatic carbocycles. The first-order chi connectivity index (χ1) is 10.1. The summed E-state index contributed by atoms with van der Waals surface area (Å²) < 4.78 is -0.168. The predicted molar refractivity (Wildman–Crippen MR) is 94.0 cm³/mol. The lowest BCUT2D eigenvalue weighted by atomic mass is 10.1. The highest BCUT2D eigenvalue weighted by atomic mass is 16.5. The third-order valence-corrected chi connectivity index (χ3v) is 4.32. The van der Waals surface area contributed by atoms with E-state index < -0.39 is 0 Å². The van der Waals surface area contributed by atoms with Gasteiger partial charge in [-0.15, -0.1) is 0 Å². The van der Waals surface area contributed by atoms with Crippen LogP contribution in [0.3, 0.4) is 0 Å². The molecule has 0 radical (unpaired) electrons. The van der Waals surface area contributed by atoms with Crippen molar-refractivity contribution < 1.29 is 4.65 Å². The highest BCUT2D eigenvalue weighted by Crippen LogP contribution is 2.11. The van der Waals surface area contributed by atoms with Crippen LogP contribution in [0.4, 0.5) is 0 Å². The second-order valence-corrected chi connectivity index (χ2v) is 6.66. The summed E-state index contributed by atoms with van der Waals surface area (Å²) in [5, 5.41) is 14.9. The lowest BCUT2D eigenvalue weighted by Crippen LogP contribution is -2.45. The fourth-order valence-electron chi connectivity index (χ4n) is 2.52. The van der Waals surface area contributed by atoms with Crippen molar-refractivity contribution in [3.8, 4) is 0 Å². The van der Waals surface area contributed by atoms with Crippen LogP contribution in [0.1, 0.15) is 90.9 Å². The largest absolute Gasteiger partial charge is 0.632 e. The van der Waals surface area contributed by atoms with Gasteiger partial charge in [-0.1, -0.05) is 77.6 Å². The maximum absolute atomic E-state index is 11.7. The van der Waals surface area contributed by atoms with Crippen LogP contribution < -0.4 is 5.32 Å². The minimum atomic E-state index is -0.168. The first kappa shape index (κ1) is 20.9. The molecule has 1 N–H and O–H groups in total. The zero-order valence-corrected chi connectivity index (χ0v) is 15.0. The molecule has 0 rings (SSSR count). The zero-order valence-electron chi connectivity index (χ0n) is 15.0. The molecule has 0 saturated heterocycles. The number of hydrogen-bond donors (Lipinski definition) is 1. The van der Waals surface area contributed by atoms with Gasteiger partial charge < -0.3 is 9.85 Å². The van der Waals surface area contributed by atoms with Gasteiger partial charge in [-0.2, -0.15) is 0 Å². The summed E-state index contributed by atoms with van der Waals surface area (Å²) >= 11 is 0. The summed E-state index contributed by atoms with van der Waals surface area (Å²) in [5.41, 5.74) is 0. The Hall–Kier alpha value is -0.120. The van der Waals surface area contributed by atoms with Crippen LogP contribution in [0.5, 0.6) is 0 Å². The van der Waals surface area contributed by atoms with Gasteiger partial charge in [0.1, 0.15) is 6.67 Å². The van der Waals surface area contributed by atoms with Crippen molar-refractivity contribution in [2.45, 2.75) is 90.9 Å². The van der Waals surface area contributed by atoms with Crippen molar-refractivity contribution in [2.24, 2.45) is 0 Å². The molecule has 0 aliphatic carbocycles. The average Bonchev–Trinajstić information content (AvgIpc) is 2.47. The number of quaternary nitrogens is 1. The van der Waals surface area contributed by atoms with Gasteiger partial charge in [0, 0.05) is 6.54 Å². The van der Waals surface area contributed by atoms with E-state index in [0.717, 1.165) is 6.54 Å². The Kier molecular flexibility index (Phi) is 14.7. The molecule has 0 aliphatic rings. The topological polar surface area (TPSA) is 35.1 Å². The Bertz CT molecular complexity index is 207. The Morgan fingerprint density at radius 1 is 0.714 bits per heavy atom. The SMILES string of the molecule is CCCCCCCCCCCCCCNC[N+](C)([O-])CC. The monoisotopic (exact) mass is 300 g/mol. The Labute approximate surface area is 133 Å². The third kappa shape index (κ3) is 16.1. The second kappa shape index (κ2) is 14.8. The molecule has 1 unspecified atom stereocenters. The van der Waals surface area contributed by atoms with Gasteiger partial charge in [0.15, 0.2) is 0 Å². The number of hydroxylamine groups is 3. The molecule has 0 spiro atoms. The first-order valence-corrected chi connectivity index (χ1v) is 9.38. The smallest absolute Gasteiger partial charge is 0.132 e. The van der Waals surface area contributed by atoms with E-state index in [0.29, 0.717) is 13.2 Å². The van der Waals surface area contributed by atoms with Gasteiger partial charge in [-0.3, -0.25) is 5.32 Å². The van der Waals surface area contributed by atoms with E-state index >= 15 is 0 Å². The average molecular weight is 301 g/mol. The molecule has 0 heterocycles.